The summed E-state index contributed by atoms with van der Waals surface area (Å²) in [7, 11) is 5.48. The Labute approximate surface area is 130 Å². The summed E-state index contributed by atoms with van der Waals surface area (Å²) in [6.07, 6.45) is 0. The quantitative estimate of drug-likeness (QED) is 0.845. The molecule has 0 N–H and O–H groups in total. The van der Waals surface area contributed by atoms with Crippen molar-refractivity contribution in [1.29, 1.82) is 0 Å². The number of carbonyl (C=O) groups excluding carboxylic acids is 1. The summed E-state index contributed by atoms with van der Waals surface area (Å²) in [5.41, 5.74) is 0.460. The maximum atomic E-state index is 13.8. The van der Waals surface area contributed by atoms with Crippen LogP contribution in [0.4, 0.5) is 8.78 Å². The van der Waals surface area contributed by atoms with Crippen molar-refractivity contribution in [3.05, 3.63) is 35.4 Å². The van der Waals surface area contributed by atoms with Crippen LogP contribution in [0.1, 0.15) is 5.56 Å². The number of likely N-dealkylation sites (N-methyl/N-ethyl adjacent to an activating group) is 1. The molecule has 1 atom stereocenters. The van der Waals surface area contributed by atoms with Crippen LogP contribution in [0.5, 0.6) is 0 Å². The summed E-state index contributed by atoms with van der Waals surface area (Å²) in [6.45, 7) is 3.24. The van der Waals surface area contributed by atoms with Gasteiger partial charge >= 0.3 is 0 Å². The minimum Gasteiger partial charge on any atom is -0.348 e. The number of carbonyl (C=O) groups is 1. The topological polar surface area (TPSA) is 26.8 Å². The highest BCUT2D eigenvalue weighted by molar-refractivity contribution is 5.78. The minimum absolute atomic E-state index is 0.0818. The van der Waals surface area contributed by atoms with Gasteiger partial charge in [-0.2, -0.15) is 0 Å². The summed E-state index contributed by atoms with van der Waals surface area (Å²) >= 11 is 0. The van der Waals surface area contributed by atoms with E-state index in [-0.39, 0.29) is 11.8 Å². The predicted octanol–water partition coefficient (Wildman–Crippen LogP) is 1.42. The third-order valence-electron chi connectivity index (χ3n) is 4.01. The average Bonchev–Trinajstić information content (AvgIpc) is 2.63. The molecule has 1 aliphatic rings. The highest BCUT2D eigenvalue weighted by atomic mass is 19.1. The van der Waals surface area contributed by atoms with E-state index in [0.717, 1.165) is 19.2 Å². The van der Waals surface area contributed by atoms with Gasteiger partial charge in [-0.1, -0.05) is 6.07 Å². The Morgan fingerprint density at radius 3 is 2.64 bits per heavy atom. The molecular formula is C16H23F2N3O. The van der Waals surface area contributed by atoms with Gasteiger partial charge in [0.05, 0.1) is 5.92 Å². The minimum atomic E-state index is -0.572. The summed E-state index contributed by atoms with van der Waals surface area (Å²) in [4.78, 5) is 18.0. The Morgan fingerprint density at radius 2 is 2.00 bits per heavy atom. The summed E-state index contributed by atoms with van der Waals surface area (Å²) in [5.74, 6) is -1.16. The largest absolute Gasteiger partial charge is 0.348 e. The Kier molecular flexibility index (Phi) is 5.47. The molecule has 1 aliphatic heterocycles. The lowest BCUT2D eigenvalue weighted by molar-refractivity contribution is -0.133. The van der Waals surface area contributed by atoms with Crippen LogP contribution in [0.2, 0.25) is 0 Å². The first-order chi connectivity index (χ1) is 10.4. The lowest BCUT2D eigenvalue weighted by Gasteiger charge is -2.25. The third kappa shape index (κ3) is 4.24. The molecule has 1 fully saturated rings. The van der Waals surface area contributed by atoms with E-state index in [1.807, 2.05) is 7.05 Å². The van der Waals surface area contributed by atoms with Gasteiger partial charge in [0, 0.05) is 58.4 Å². The van der Waals surface area contributed by atoms with Gasteiger partial charge in [0.2, 0.25) is 5.91 Å². The van der Waals surface area contributed by atoms with Crippen molar-refractivity contribution < 1.29 is 13.6 Å². The normalized spacial score (nSPS) is 20.7. The van der Waals surface area contributed by atoms with Gasteiger partial charge in [-0.3, -0.25) is 9.69 Å². The van der Waals surface area contributed by atoms with E-state index >= 15 is 0 Å². The van der Waals surface area contributed by atoms with Gasteiger partial charge in [0.25, 0.3) is 0 Å². The summed E-state index contributed by atoms with van der Waals surface area (Å²) < 4.78 is 26.8. The Hall–Kier alpha value is -1.53. The Balaban J connectivity index is 2.10. The van der Waals surface area contributed by atoms with Gasteiger partial charge in [-0.15, -0.1) is 0 Å². The molecule has 4 nitrogen and oxygen atoms in total. The fourth-order valence-electron chi connectivity index (χ4n) is 2.80. The third-order valence-corrected chi connectivity index (χ3v) is 4.01. The van der Waals surface area contributed by atoms with E-state index in [9.17, 15) is 13.6 Å². The second-order valence-electron chi connectivity index (χ2n) is 6.16. The molecule has 1 heterocycles. The van der Waals surface area contributed by atoms with Crippen LogP contribution in [-0.4, -0.2) is 67.9 Å². The molecule has 22 heavy (non-hydrogen) atoms. The fraction of sp³-hybridized carbons (Fsp3) is 0.562. The lowest BCUT2D eigenvalue weighted by atomic mass is 10.1. The molecule has 1 aromatic carbocycles. The van der Waals surface area contributed by atoms with Crippen LogP contribution in [0.25, 0.3) is 0 Å². The van der Waals surface area contributed by atoms with Crippen molar-refractivity contribution >= 4 is 5.91 Å². The number of hydrogen-bond acceptors (Lipinski definition) is 3. The Bertz CT molecular complexity index is 536. The van der Waals surface area contributed by atoms with Crippen LogP contribution in [0.15, 0.2) is 18.2 Å². The van der Waals surface area contributed by atoms with E-state index in [1.165, 1.54) is 12.1 Å². The number of rotatable bonds is 3. The molecule has 0 spiro atoms. The Morgan fingerprint density at radius 1 is 1.27 bits per heavy atom. The summed E-state index contributed by atoms with van der Waals surface area (Å²) in [5, 5.41) is 0. The van der Waals surface area contributed by atoms with Crippen molar-refractivity contribution in [2.24, 2.45) is 5.92 Å². The van der Waals surface area contributed by atoms with Crippen molar-refractivity contribution in [3.63, 3.8) is 0 Å². The van der Waals surface area contributed by atoms with E-state index in [0.29, 0.717) is 25.2 Å². The molecule has 0 aliphatic carbocycles. The molecule has 122 valence electrons. The first-order valence-corrected chi connectivity index (χ1v) is 7.43. The molecule has 1 saturated heterocycles. The van der Waals surface area contributed by atoms with Crippen molar-refractivity contribution in [2.75, 3.05) is 47.3 Å². The molecule has 6 heteroatoms. The molecule has 0 bridgehead atoms. The smallest absolute Gasteiger partial charge is 0.227 e. The van der Waals surface area contributed by atoms with Gasteiger partial charge in [0.15, 0.2) is 0 Å². The zero-order chi connectivity index (χ0) is 16.3. The standard InChI is InChI=1S/C16H23F2N3O/c1-19(2)16(22)13-9-20(3)6-7-21(11-13)10-12-4-5-14(17)8-15(12)18/h4-5,8,13H,6-7,9-11H2,1-3H3. The SMILES string of the molecule is CN1CCN(Cc2ccc(F)cc2F)CC(C(=O)N(C)C)C1. The van der Waals surface area contributed by atoms with E-state index in [2.05, 4.69) is 9.80 Å². The van der Waals surface area contributed by atoms with Gasteiger partial charge in [-0.25, -0.2) is 8.78 Å². The second kappa shape index (κ2) is 7.15. The van der Waals surface area contributed by atoms with E-state index in [1.54, 1.807) is 19.0 Å². The van der Waals surface area contributed by atoms with Gasteiger partial charge < -0.3 is 9.80 Å². The highest BCUT2D eigenvalue weighted by Gasteiger charge is 2.27. The summed E-state index contributed by atoms with van der Waals surface area (Å²) in [6, 6.07) is 3.65. The fourth-order valence-corrected chi connectivity index (χ4v) is 2.80. The van der Waals surface area contributed by atoms with E-state index in [4.69, 9.17) is 0 Å². The molecule has 1 unspecified atom stereocenters. The molecule has 0 radical (unpaired) electrons. The number of hydrogen-bond donors (Lipinski definition) is 0. The second-order valence-corrected chi connectivity index (χ2v) is 6.16. The number of benzene rings is 1. The number of amides is 1. The maximum absolute atomic E-state index is 13.8. The average molecular weight is 311 g/mol. The van der Waals surface area contributed by atoms with Gasteiger partial charge in [0.1, 0.15) is 11.6 Å². The van der Waals surface area contributed by atoms with Gasteiger partial charge in [-0.05, 0) is 13.1 Å². The predicted molar refractivity (Wildman–Crippen MR) is 81.3 cm³/mol. The molecule has 0 aromatic heterocycles. The first-order valence-electron chi connectivity index (χ1n) is 7.43. The zero-order valence-corrected chi connectivity index (χ0v) is 13.4. The van der Waals surface area contributed by atoms with Crippen molar-refractivity contribution in [3.8, 4) is 0 Å². The molecule has 1 aromatic rings. The maximum Gasteiger partial charge on any atom is 0.227 e. The van der Waals surface area contributed by atoms with Crippen molar-refractivity contribution in [1.82, 2.24) is 14.7 Å². The molecular weight excluding hydrogens is 288 g/mol. The lowest BCUT2D eigenvalue weighted by Crippen LogP contribution is -2.40. The number of halogens is 2. The molecule has 0 saturated carbocycles. The van der Waals surface area contributed by atoms with E-state index < -0.39 is 11.6 Å². The number of nitrogens with zero attached hydrogens (tertiary/aromatic N) is 3. The monoisotopic (exact) mass is 311 g/mol. The zero-order valence-electron chi connectivity index (χ0n) is 13.4. The molecule has 2 rings (SSSR count). The van der Waals surface area contributed by atoms with Crippen LogP contribution in [0, 0.1) is 17.6 Å². The van der Waals surface area contributed by atoms with Crippen molar-refractivity contribution in [2.45, 2.75) is 6.54 Å². The highest BCUT2D eigenvalue weighted by Crippen LogP contribution is 2.16. The molecule has 1 amide bonds. The van der Waals surface area contributed by atoms with Crippen LogP contribution in [-0.2, 0) is 11.3 Å². The van der Waals surface area contributed by atoms with Crippen LogP contribution >= 0.6 is 0 Å². The van der Waals surface area contributed by atoms with Crippen LogP contribution in [0.3, 0.4) is 0 Å². The van der Waals surface area contributed by atoms with Crippen LogP contribution < -0.4 is 0 Å². The first kappa shape index (κ1) is 16.8.